The standard InChI is InChI=1S/C21H14BrN3O3S/c1-2-15-23-24-21(29-15)25-17(11-6-4-3-5-7-11)16-18(26)13-10-12(22)8-9-14(13)28-19(16)20(25)27/h3-10,17H,2H2,1H3. The molecule has 1 unspecified atom stereocenters. The first kappa shape index (κ1) is 18.2. The molecular formula is C21H14BrN3O3S. The topological polar surface area (TPSA) is 76.3 Å². The highest BCUT2D eigenvalue weighted by Gasteiger charge is 2.45. The minimum Gasteiger partial charge on any atom is -0.450 e. The molecule has 1 amide bonds. The van der Waals surface area contributed by atoms with Gasteiger partial charge in [-0.2, -0.15) is 0 Å². The molecule has 144 valence electrons. The third kappa shape index (κ3) is 2.82. The number of rotatable bonds is 3. The fourth-order valence-electron chi connectivity index (χ4n) is 3.58. The number of hydrogen-bond acceptors (Lipinski definition) is 6. The van der Waals surface area contributed by atoms with E-state index in [0.717, 1.165) is 21.5 Å². The van der Waals surface area contributed by atoms with E-state index in [-0.39, 0.29) is 17.1 Å². The van der Waals surface area contributed by atoms with Gasteiger partial charge in [-0.3, -0.25) is 14.5 Å². The highest BCUT2D eigenvalue weighted by Crippen LogP contribution is 2.42. The van der Waals surface area contributed by atoms with Crippen molar-refractivity contribution < 1.29 is 9.21 Å². The lowest BCUT2D eigenvalue weighted by Crippen LogP contribution is -2.29. The van der Waals surface area contributed by atoms with Crippen molar-refractivity contribution in [1.82, 2.24) is 10.2 Å². The molecule has 0 radical (unpaired) electrons. The van der Waals surface area contributed by atoms with Gasteiger partial charge in [0, 0.05) is 4.47 Å². The summed E-state index contributed by atoms with van der Waals surface area (Å²) in [6.45, 7) is 1.98. The Hall–Kier alpha value is -2.84. The second-order valence-electron chi connectivity index (χ2n) is 6.63. The van der Waals surface area contributed by atoms with Crippen LogP contribution in [0.4, 0.5) is 5.13 Å². The number of nitrogens with zero attached hydrogens (tertiary/aromatic N) is 3. The van der Waals surface area contributed by atoms with Crippen LogP contribution in [0, 0.1) is 0 Å². The Morgan fingerprint density at radius 3 is 2.66 bits per heavy atom. The van der Waals surface area contributed by atoms with E-state index in [1.54, 1.807) is 18.2 Å². The number of fused-ring (bicyclic) bond motifs is 2. The molecule has 5 rings (SSSR count). The van der Waals surface area contributed by atoms with Crippen LogP contribution in [-0.4, -0.2) is 16.1 Å². The molecule has 3 heterocycles. The van der Waals surface area contributed by atoms with E-state index in [9.17, 15) is 9.59 Å². The number of amides is 1. The van der Waals surface area contributed by atoms with E-state index in [0.29, 0.717) is 21.7 Å². The molecule has 0 bridgehead atoms. The summed E-state index contributed by atoms with van der Waals surface area (Å²) in [5, 5.41) is 10.1. The summed E-state index contributed by atoms with van der Waals surface area (Å²) < 4.78 is 6.70. The predicted octanol–water partition coefficient (Wildman–Crippen LogP) is 4.72. The Balaban J connectivity index is 1.81. The van der Waals surface area contributed by atoms with Gasteiger partial charge in [0.05, 0.1) is 17.0 Å². The first-order valence-corrected chi connectivity index (χ1v) is 10.7. The maximum atomic E-state index is 13.4. The molecule has 29 heavy (non-hydrogen) atoms. The fourth-order valence-corrected chi connectivity index (χ4v) is 4.74. The lowest BCUT2D eigenvalue weighted by atomic mass is 9.99. The van der Waals surface area contributed by atoms with Crippen molar-refractivity contribution in [3.63, 3.8) is 0 Å². The third-order valence-corrected chi connectivity index (χ3v) is 6.47. The molecule has 2 aromatic carbocycles. The van der Waals surface area contributed by atoms with E-state index in [2.05, 4.69) is 26.1 Å². The maximum absolute atomic E-state index is 13.4. The predicted molar refractivity (Wildman–Crippen MR) is 115 cm³/mol. The van der Waals surface area contributed by atoms with E-state index in [4.69, 9.17) is 4.42 Å². The van der Waals surface area contributed by atoms with Crippen LogP contribution in [0.1, 0.15) is 39.7 Å². The van der Waals surface area contributed by atoms with Crippen LogP contribution in [0.5, 0.6) is 0 Å². The van der Waals surface area contributed by atoms with Gasteiger partial charge in [0.2, 0.25) is 10.9 Å². The first-order chi connectivity index (χ1) is 14.1. The number of halogens is 1. The van der Waals surface area contributed by atoms with Gasteiger partial charge in [-0.15, -0.1) is 10.2 Å². The number of carbonyl (C=O) groups excluding carboxylic acids is 1. The molecule has 4 aromatic rings. The SMILES string of the molecule is CCc1nnc(N2C(=O)c3oc4ccc(Br)cc4c(=O)c3C2c2ccccc2)s1. The fraction of sp³-hybridized carbons (Fsp3) is 0.143. The zero-order valence-electron chi connectivity index (χ0n) is 15.3. The average molecular weight is 468 g/mol. The number of aryl methyl sites for hydroxylation is 1. The van der Waals surface area contributed by atoms with E-state index >= 15 is 0 Å². The van der Waals surface area contributed by atoms with Gasteiger partial charge >= 0.3 is 0 Å². The summed E-state index contributed by atoms with van der Waals surface area (Å²) in [5.74, 6) is -0.318. The van der Waals surface area contributed by atoms with Crippen LogP contribution in [-0.2, 0) is 6.42 Å². The highest BCUT2D eigenvalue weighted by molar-refractivity contribution is 9.10. The summed E-state index contributed by atoms with van der Waals surface area (Å²) in [4.78, 5) is 28.3. The molecule has 0 fully saturated rings. The van der Waals surface area contributed by atoms with Crippen molar-refractivity contribution in [3.05, 3.63) is 85.1 Å². The van der Waals surface area contributed by atoms with Gasteiger partial charge in [0.1, 0.15) is 10.6 Å². The Morgan fingerprint density at radius 1 is 1.14 bits per heavy atom. The second-order valence-corrected chi connectivity index (χ2v) is 8.59. The van der Waals surface area contributed by atoms with Crippen LogP contribution < -0.4 is 10.3 Å². The van der Waals surface area contributed by atoms with E-state index < -0.39 is 6.04 Å². The summed E-state index contributed by atoms with van der Waals surface area (Å²) in [7, 11) is 0. The normalized spacial score (nSPS) is 15.9. The number of carbonyl (C=O) groups is 1. The molecule has 1 aliphatic rings. The second kappa shape index (κ2) is 6.89. The summed E-state index contributed by atoms with van der Waals surface area (Å²) in [6.07, 6.45) is 0.720. The van der Waals surface area contributed by atoms with Crippen LogP contribution in [0.3, 0.4) is 0 Å². The third-order valence-electron chi connectivity index (χ3n) is 4.91. The van der Waals surface area contributed by atoms with Crippen molar-refractivity contribution in [2.24, 2.45) is 0 Å². The summed E-state index contributed by atoms with van der Waals surface area (Å²) in [5.41, 5.74) is 1.31. The van der Waals surface area contributed by atoms with Crippen molar-refractivity contribution in [2.45, 2.75) is 19.4 Å². The minimum atomic E-state index is -0.615. The quantitative estimate of drug-likeness (QED) is 0.435. The molecule has 8 heteroatoms. The molecular weight excluding hydrogens is 454 g/mol. The molecule has 6 nitrogen and oxygen atoms in total. The van der Waals surface area contributed by atoms with Crippen molar-refractivity contribution in [1.29, 1.82) is 0 Å². The first-order valence-electron chi connectivity index (χ1n) is 9.05. The number of benzene rings is 2. The van der Waals surface area contributed by atoms with Crippen LogP contribution in [0.25, 0.3) is 11.0 Å². The van der Waals surface area contributed by atoms with Crippen LogP contribution in [0.2, 0.25) is 0 Å². The van der Waals surface area contributed by atoms with Gasteiger partial charge in [-0.25, -0.2) is 0 Å². The lowest BCUT2D eigenvalue weighted by molar-refractivity contribution is 0.0970. The van der Waals surface area contributed by atoms with Gasteiger partial charge in [0.25, 0.3) is 5.91 Å². The molecule has 0 spiro atoms. The van der Waals surface area contributed by atoms with Gasteiger partial charge in [0.15, 0.2) is 5.43 Å². The molecule has 0 saturated carbocycles. The minimum absolute atomic E-state index is 0.0620. The van der Waals surface area contributed by atoms with Crippen LogP contribution >= 0.6 is 27.3 Å². The Labute approximate surface area is 177 Å². The van der Waals surface area contributed by atoms with E-state index in [1.165, 1.54) is 16.2 Å². The van der Waals surface area contributed by atoms with Crippen molar-refractivity contribution >= 4 is 49.3 Å². The Bertz CT molecular complexity index is 1320. The maximum Gasteiger partial charge on any atom is 0.297 e. The molecule has 1 aliphatic heterocycles. The molecule has 1 atom stereocenters. The zero-order chi connectivity index (χ0) is 20.1. The molecule has 0 N–H and O–H groups in total. The lowest BCUT2D eigenvalue weighted by Gasteiger charge is -2.21. The monoisotopic (exact) mass is 467 g/mol. The number of hydrogen-bond donors (Lipinski definition) is 0. The Kier molecular flexibility index (Phi) is 4.33. The largest absolute Gasteiger partial charge is 0.450 e. The summed E-state index contributed by atoms with van der Waals surface area (Å²) in [6, 6.07) is 14.0. The zero-order valence-corrected chi connectivity index (χ0v) is 17.7. The number of aromatic nitrogens is 2. The van der Waals surface area contributed by atoms with Gasteiger partial charge in [-0.05, 0) is 30.2 Å². The molecule has 0 saturated heterocycles. The van der Waals surface area contributed by atoms with E-state index in [1.807, 2.05) is 37.3 Å². The summed E-state index contributed by atoms with van der Waals surface area (Å²) >= 11 is 4.75. The van der Waals surface area contributed by atoms with Gasteiger partial charge < -0.3 is 4.42 Å². The van der Waals surface area contributed by atoms with Crippen molar-refractivity contribution in [3.8, 4) is 0 Å². The Morgan fingerprint density at radius 2 is 1.93 bits per heavy atom. The van der Waals surface area contributed by atoms with Crippen molar-refractivity contribution in [2.75, 3.05) is 4.90 Å². The van der Waals surface area contributed by atoms with Gasteiger partial charge in [-0.1, -0.05) is 64.5 Å². The van der Waals surface area contributed by atoms with Crippen LogP contribution in [0.15, 0.2) is 62.2 Å². The number of anilines is 1. The molecule has 2 aromatic heterocycles. The molecule has 0 aliphatic carbocycles. The average Bonchev–Trinajstić information content (AvgIpc) is 3.32. The highest BCUT2D eigenvalue weighted by atomic mass is 79.9. The smallest absolute Gasteiger partial charge is 0.297 e.